The third-order valence-electron chi connectivity index (χ3n) is 13.6. The van der Waals surface area contributed by atoms with Gasteiger partial charge in [0.2, 0.25) is 27.4 Å². The van der Waals surface area contributed by atoms with Crippen LogP contribution in [0.4, 0.5) is 13.2 Å². The predicted octanol–water partition coefficient (Wildman–Crippen LogP) is 7.94. The molecular weight excluding hydrogens is 880 g/mol. The van der Waals surface area contributed by atoms with E-state index >= 15 is 4.79 Å². The topological polar surface area (TPSA) is 176 Å². The standard InChI is InChI=1S/C48H60F3N5O9S/c1-29(2)63-34-15-13-32(14-16-34)38-22-35(24-41(53-38)56-20-10-19-52-56)64-36-23-39-40(57)27-47(44(60)54-66(61,62)46(7)17-18-46)26-33(47)12-9-8-11-30(3)21-31(4)37(43(59)55(39)28-36)25-42(58)65-45(5,6)48(49,50)51/h9-10,12-16,19-20,22,24,29-31,33,36-37,39H,8,11,17-18,21,23,25-28H2,1-7H3,(H,54,60)/b12-9-/t30-,31+,33+,36+,37-,39-,47+/m0/s1. The number of amides is 2. The highest BCUT2D eigenvalue weighted by Crippen LogP contribution is 2.58. The first-order valence-electron chi connectivity index (χ1n) is 22.7. The molecule has 4 aliphatic rings. The number of benzene rings is 1. The second-order valence-corrected chi connectivity index (χ2v) is 22.0. The molecule has 1 saturated heterocycles. The normalized spacial score (nSPS) is 27.5. The van der Waals surface area contributed by atoms with Crippen molar-refractivity contribution in [3.8, 4) is 28.6 Å². The lowest BCUT2D eigenvalue weighted by Gasteiger charge is -2.33. The van der Waals surface area contributed by atoms with E-state index in [-0.39, 0.29) is 37.8 Å². The zero-order chi connectivity index (χ0) is 48.0. The fourth-order valence-electron chi connectivity index (χ4n) is 9.05. The Hall–Kier alpha value is -5.26. The zero-order valence-electron chi connectivity index (χ0n) is 38.5. The molecule has 0 unspecified atom stereocenters. The molecule has 18 heteroatoms. The van der Waals surface area contributed by atoms with E-state index in [1.54, 1.807) is 49.1 Å². The molecule has 3 fully saturated rings. The number of alkyl halides is 3. The van der Waals surface area contributed by atoms with Gasteiger partial charge in [0.15, 0.2) is 11.6 Å². The summed E-state index contributed by atoms with van der Waals surface area (Å²) in [6, 6.07) is 11.3. The summed E-state index contributed by atoms with van der Waals surface area (Å²) < 4.78 is 88.6. The van der Waals surface area contributed by atoms with Gasteiger partial charge in [-0.15, -0.1) is 0 Å². The molecule has 3 aromatic rings. The second-order valence-electron chi connectivity index (χ2n) is 19.8. The number of rotatable bonds is 12. The molecule has 4 heterocycles. The molecule has 0 radical (unpaired) electrons. The molecule has 1 aromatic carbocycles. The molecule has 2 aliphatic carbocycles. The highest BCUT2D eigenvalue weighted by atomic mass is 32.2. The van der Waals surface area contributed by atoms with Crippen molar-refractivity contribution in [3.05, 3.63) is 67.0 Å². The average Bonchev–Trinajstić information content (AvgIpc) is 3.98. The fraction of sp³-hybridized carbons (Fsp3) is 0.583. The van der Waals surface area contributed by atoms with Crippen molar-refractivity contribution >= 4 is 33.6 Å². The number of Topliss-reactive ketones (excluding diaryl/α,β-unsaturated/α-hetero) is 1. The van der Waals surface area contributed by atoms with Crippen LogP contribution in [-0.2, 0) is 33.9 Å². The Balaban J connectivity index is 1.24. The maximum atomic E-state index is 15.1. The van der Waals surface area contributed by atoms with Gasteiger partial charge in [-0.2, -0.15) is 18.3 Å². The first kappa shape index (κ1) is 48.7. The summed E-state index contributed by atoms with van der Waals surface area (Å²) >= 11 is 0. The number of nitrogens with one attached hydrogen (secondary N) is 1. The van der Waals surface area contributed by atoms with E-state index in [4.69, 9.17) is 19.2 Å². The van der Waals surface area contributed by atoms with Crippen molar-refractivity contribution in [2.75, 3.05) is 6.54 Å². The zero-order valence-corrected chi connectivity index (χ0v) is 39.3. The molecule has 358 valence electrons. The van der Waals surface area contributed by atoms with Crippen molar-refractivity contribution in [3.63, 3.8) is 0 Å². The molecule has 7 rings (SSSR count). The number of fused-ring (bicyclic) bond motifs is 2. The van der Waals surface area contributed by atoms with Crippen molar-refractivity contribution in [1.29, 1.82) is 0 Å². The predicted molar refractivity (Wildman–Crippen MR) is 238 cm³/mol. The number of sulfonamides is 1. The number of halogens is 3. The van der Waals surface area contributed by atoms with Crippen molar-refractivity contribution in [2.24, 2.45) is 29.1 Å². The van der Waals surface area contributed by atoms with Gasteiger partial charge < -0.3 is 19.1 Å². The SMILES string of the molecule is CC(C)Oc1ccc(-c2cc(O[C@@H]3C[C@H]4C(=O)C[C@]5(C(=O)NS(=O)(=O)C6(C)CC6)C[C@H]5/C=C\CC[C@H](C)C[C@@H](C)[C@H](CC(=O)OC(C)(C)C(F)(F)F)C(=O)N4C3)cc(-n3cccn3)n2)cc1. The number of nitrogens with zero attached hydrogens (tertiary/aromatic N) is 4. The van der Waals surface area contributed by atoms with E-state index < -0.39 is 91.8 Å². The number of carbonyl (C=O) groups excluding carboxylic acids is 4. The molecule has 0 bridgehead atoms. The summed E-state index contributed by atoms with van der Waals surface area (Å²) in [5.74, 6) is -3.89. The summed E-state index contributed by atoms with van der Waals surface area (Å²) in [5, 5.41) is 4.35. The molecule has 1 N–H and O–H groups in total. The van der Waals surface area contributed by atoms with Gasteiger partial charge in [-0.3, -0.25) is 23.9 Å². The molecule has 0 spiro atoms. The lowest BCUT2D eigenvalue weighted by molar-refractivity contribution is -0.257. The van der Waals surface area contributed by atoms with Crippen LogP contribution in [0.3, 0.4) is 0 Å². The quantitative estimate of drug-likeness (QED) is 0.138. The lowest BCUT2D eigenvalue weighted by Crippen LogP contribution is -2.48. The first-order valence-corrected chi connectivity index (χ1v) is 24.2. The third kappa shape index (κ3) is 10.6. The molecule has 2 amide bonds. The van der Waals surface area contributed by atoms with Crippen molar-refractivity contribution < 1.29 is 55.0 Å². The first-order chi connectivity index (χ1) is 30.9. The minimum atomic E-state index is -4.88. The monoisotopic (exact) mass is 939 g/mol. The van der Waals surface area contributed by atoms with E-state index in [1.807, 2.05) is 57.2 Å². The summed E-state index contributed by atoms with van der Waals surface area (Å²) in [6.07, 6.45) is 2.90. The Bertz CT molecular complexity index is 2440. The summed E-state index contributed by atoms with van der Waals surface area (Å²) in [5.41, 5.74) is -2.98. The molecule has 66 heavy (non-hydrogen) atoms. The van der Waals surface area contributed by atoms with Gasteiger partial charge >= 0.3 is 12.1 Å². The van der Waals surface area contributed by atoms with Crippen LogP contribution in [0, 0.1) is 29.1 Å². The maximum Gasteiger partial charge on any atom is 0.427 e. The Morgan fingerprint density at radius 3 is 2.38 bits per heavy atom. The van der Waals surface area contributed by atoms with Crippen LogP contribution in [0.1, 0.15) is 106 Å². The fourth-order valence-corrected chi connectivity index (χ4v) is 10.4. The number of esters is 1. The van der Waals surface area contributed by atoms with Crippen LogP contribution in [0.15, 0.2) is 67.0 Å². The highest BCUT2D eigenvalue weighted by Gasteiger charge is 2.63. The van der Waals surface area contributed by atoms with Crippen LogP contribution >= 0.6 is 0 Å². The minimum absolute atomic E-state index is 0.000272. The number of allylic oxidation sites excluding steroid dienone is 2. The van der Waals surface area contributed by atoms with Crippen LogP contribution in [0.5, 0.6) is 11.5 Å². The molecule has 7 atom stereocenters. The van der Waals surface area contributed by atoms with Gasteiger partial charge in [0.05, 0.1) is 46.9 Å². The van der Waals surface area contributed by atoms with Gasteiger partial charge in [0.25, 0.3) is 0 Å². The van der Waals surface area contributed by atoms with Gasteiger partial charge in [-0.05, 0) is 121 Å². The van der Waals surface area contributed by atoms with Crippen molar-refractivity contribution in [1.82, 2.24) is 24.4 Å². The van der Waals surface area contributed by atoms with E-state index in [1.165, 1.54) is 4.90 Å². The lowest BCUT2D eigenvalue weighted by atomic mass is 9.82. The summed E-state index contributed by atoms with van der Waals surface area (Å²) in [6.45, 7) is 10.5. The van der Waals surface area contributed by atoms with E-state index in [2.05, 4.69) is 9.82 Å². The number of ether oxygens (including phenoxy) is 3. The number of ketones is 1. The third-order valence-corrected chi connectivity index (χ3v) is 15.7. The maximum absolute atomic E-state index is 15.1. The van der Waals surface area contributed by atoms with Gasteiger partial charge in [-0.1, -0.05) is 26.0 Å². The molecule has 14 nitrogen and oxygen atoms in total. The molecular formula is C48H60F3N5O9S. The van der Waals surface area contributed by atoms with Gasteiger partial charge in [0, 0.05) is 42.9 Å². The van der Waals surface area contributed by atoms with E-state index in [0.717, 1.165) is 19.4 Å². The molecule has 2 aliphatic heterocycles. The number of pyridine rings is 1. The Labute approximate surface area is 384 Å². The Kier molecular flexibility index (Phi) is 13.6. The van der Waals surface area contributed by atoms with Gasteiger partial charge in [-0.25, -0.2) is 18.1 Å². The van der Waals surface area contributed by atoms with Crippen molar-refractivity contribution in [2.45, 2.75) is 141 Å². The number of hydrogen-bond acceptors (Lipinski definition) is 11. The summed E-state index contributed by atoms with van der Waals surface area (Å²) in [7, 11) is -4.06. The second kappa shape index (κ2) is 18.4. The van der Waals surface area contributed by atoms with E-state index in [9.17, 15) is 36.0 Å². The molecule has 2 aromatic heterocycles. The Morgan fingerprint density at radius 1 is 1.03 bits per heavy atom. The number of hydrogen-bond donors (Lipinski definition) is 1. The van der Waals surface area contributed by atoms with E-state index in [0.29, 0.717) is 55.1 Å². The minimum Gasteiger partial charge on any atom is -0.491 e. The van der Waals surface area contributed by atoms with Crippen LogP contribution < -0.4 is 14.2 Å². The molecule has 2 saturated carbocycles. The number of aromatic nitrogens is 3. The summed E-state index contributed by atoms with van der Waals surface area (Å²) in [4.78, 5) is 63.6. The van der Waals surface area contributed by atoms with Crippen LogP contribution in [-0.4, -0.2) is 93.0 Å². The Morgan fingerprint density at radius 2 is 1.74 bits per heavy atom. The van der Waals surface area contributed by atoms with Crippen LogP contribution in [0.25, 0.3) is 17.1 Å². The van der Waals surface area contributed by atoms with Crippen LogP contribution in [0.2, 0.25) is 0 Å². The average molecular weight is 940 g/mol. The largest absolute Gasteiger partial charge is 0.491 e. The highest BCUT2D eigenvalue weighted by molar-refractivity contribution is 7.91. The smallest absolute Gasteiger partial charge is 0.427 e. The van der Waals surface area contributed by atoms with Gasteiger partial charge in [0.1, 0.15) is 17.6 Å². The number of carbonyl (C=O) groups is 4.